The van der Waals surface area contributed by atoms with Crippen LogP contribution in [0.2, 0.25) is 0 Å². The average molecular weight is 678 g/mol. The first-order chi connectivity index (χ1) is 26.2. The van der Waals surface area contributed by atoms with Crippen molar-refractivity contribution in [3.63, 3.8) is 0 Å². The van der Waals surface area contributed by atoms with Gasteiger partial charge in [-0.05, 0) is 74.5 Å². The maximum atomic E-state index is 6.15. The molecule has 248 valence electrons. The van der Waals surface area contributed by atoms with Crippen molar-refractivity contribution < 1.29 is 4.42 Å². The number of hydrogen-bond acceptors (Lipinski definition) is 4. The number of hydrogen-bond donors (Lipinski definition) is 0. The van der Waals surface area contributed by atoms with E-state index in [0.29, 0.717) is 17.5 Å². The van der Waals surface area contributed by atoms with Crippen molar-refractivity contribution in [2.75, 3.05) is 0 Å². The summed E-state index contributed by atoms with van der Waals surface area (Å²) in [5.74, 6) is 1.85. The number of para-hydroxylation sites is 1. The number of benzene rings is 8. The van der Waals surface area contributed by atoms with Crippen LogP contribution in [0.3, 0.4) is 0 Å². The van der Waals surface area contributed by atoms with Gasteiger partial charge in [0.05, 0.1) is 0 Å². The molecule has 0 amide bonds. The van der Waals surface area contributed by atoms with Crippen molar-refractivity contribution in [2.24, 2.45) is 0 Å². The van der Waals surface area contributed by atoms with Gasteiger partial charge in [-0.15, -0.1) is 0 Å². The number of aromatic nitrogens is 3. The summed E-state index contributed by atoms with van der Waals surface area (Å²) >= 11 is 0. The predicted octanol–water partition coefficient (Wildman–Crippen LogP) is 12.9. The van der Waals surface area contributed by atoms with Crippen molar-refractivity contribution in [1.82, 2.24) is 15.0 Å². The van der Waals surface area contributed by atoms with Gasteiger partial charge in [0.2, 0.25) is 0 Å². The summed E-state index contributed by atoms with van der Waals surface area (Å²) < 4.78 is 6.15. The summed E-state index contributed by atoms with van der Waals surface area (Å²) in [6.45, 7) is 0. The molecule has 8 aromatic carbocycles. The van der Waals surface area contributed by atoms with Crippen LogP contribution in [0.4, 0.5) is 0 Å². The molecule has 10 rings (SSSR count). The van der Waals surface area contributed by atoms with E-state index in [1.54, 1.807) is 0 Å². The van der Waals surface area contributed by atoms with Crippen LogP contribution in [-0.2, 0) is 0 Å². The first-order valence-corrected chi connectivity index (χ1v) is 17.8. The Morgan fingerprint density at radius 2 is 0.849 bits per heavy atom. The summed E-state index contributed by atoms with van der Waals surface area (Å²) in [5.41, 5.74) is 11.2. The van der Waals surface area contributed by atoms with E-state index in [0.717, 1.165) is 66.4 Å². The summed E-state index contributed by atoms with van der Waals surface area (Å²) in [6, 6.07) is 65.3. The van der Waals surface area contributed by atoms with Crippen LogP contribution in [0.15, 0.2) is 192 Å². The van der Waals surface area contributed by atoms with E-state index in [-0.39, 0.29) is 0 Å². The van der Waals surface area contributed by atoms with Crippen LogP contribution in [0.1, 0.15) is 0 Å². The average Bonchev–Trinajstić information content (AvgIpc) is 3.62. The molecular weight excluding hydrogens is 647 g/mol. The van der Waals surface area contributed by atoms with Crippen LogP contribution < -0.4 is 0 Å². The van der Waals surface area contributed by atoms with Crippen molar-refractivity contribution in [1.29, 1.82) is 0 Å². The predicted molar refractivity (Wildman–Crippen MR) is 217 cm³/mol. The van der Waals surface area contributed by atoms with Gasteiger partial charge >= 0.3 is 0 Å². The number of nitrogens with zero attached hydrogens (tertiary/aromatic N) is 3. The second-order valence-corrected chi connectivity index (χ2v) is 13.2. The lowest BCUT2D eigenvalue weighted by Gasteiger charge is -2.13. The Hall–Kier alpha value is -7.17. The largest absolute Gasteiger partial charge is 0.456 e. The Morgan fingerprint density at radius 1 is 0.283 bits per heavy atom. The highest BCUT2D eigenvalue weighted by Crippen LogP contribution is 2.37. The molecule has 0 saturated heterocycles. The minimum atomic E-state index is 0.612. The van der Waals surface area contributed by atoms with Crippen molar-refractivity contribution in [3.8, 4) is 67.5 Å². The fourth-order valence-electron chi connectivity index (χ4n) is 7.23. The Kier molecular flexibility index (Phi) is 7.43. The molecule has 0 N–H and O–H groups in total. The molecule has 10 aromatic rings. The third kappa shape index (κ3) is 5.73. The molecule has 4 heteroatoms. The fraction of sp³-hybridized carbons (Fsp3) is 0. The Morgan fingerprint density at radius 3 is 1.72 bits per heavy atom. The zero-order valence-electron chi connectivity index (χ0n) is 28.6. The van der Waals surface area contributed by atoms with Gasteiger partial charge in [0.15, 0.2) is 17.5 Å². The molecule has 0 spiro atoms. The van der Waals surface area contributed by atoms with E-state index in [1.165, 1.54) is 16.3 Å². The normalized spacial score (nSPS) is 11.4. The lowest BCUT2D eigenvalue weighted by molar-refractivity contribution is 0.669. The minimum absolute atomic E-state index is 0.612. The summed E-state index contributed by atoms with van der Waals surface area (Å²) in [5, 5.41) is 4.62. The SMILES string of the molecule is c1ccc(-c2cccc(-c3nc(-c4ccc(-c5ccc6ccccc6c5)cc4)nc(-c4ccccc4-c4ccc5oc6ccccc6c5c4)n3)c2)cc1. The summed E-state index contributed by atoms with van der Waals surface area (Å²) in [6.07, 6.45) is 0. The molecule has 53 heavy (non-hydrogen) atoms. The van der Waals surface area contributed by atoms with Crippen LogP contribution in [0, 0.1) is 0 Å². The maximum absolute atomic E-state index is 6.15. The van der Waals surface area contributed by atoms with Gasteiger partial charge in [-0.1, -0.05) is 158 Å². The second kappa shape index (κ2) is 12.9. The monoisotopic (exact) mass is 677 g/mol. The third-order valence-corrected chi connectivity index (χ3v) is 9.94. The summed E-state index contributed by atoms with van der Waals surface area (Å²) in [4.78, 5) is 15.5. The van der Waals surface area contributed by atoms with Gasteiger partial charge in [-0.2, -0.15) is 0 Å². The molecule has 0 aliphatic carbocycles. The van der Waals surface area contributed by atoms with Crippen molar-refractivity contribution >= 4 is 32.7 Å². The van der Waals surface area contributed by atoms with Gasteiger partial charge in [-0.25, -0.2) is 15.0 Å². The Bertz CT molecular complexity index is 2950. The molecule has 2 aromatic heterocycles. The number of rotatable bonds is 6. The van der Waals surface area contributed by atoms with Gasteiger partial charge in [0.1, 0.15) is 11.2 Å². The third-order valence-electron chi connectivity index (χ3n) is 9.94. The topological polar surface area (TPSA) is 51.8 Å². The van der Waals surface area contributed by atoms with Gasteiger partial charge in [0, 0.05) is 27.5 Å². The quantitative estimate of drug-likeness (QED) is 0.176. The molecule has 0 bridgehead atoms. The fourth-order valence-corrected chi connectivity index (χ4v) is 7.23. The van der Waals surface area contributed by atoms with E-state index < -0.39 is 0 Å². The zero-order valence-corrected chi connectivity index (χ0v) is 28.6. The van der Waals surface area contributed by atoms with E-state index in [2.05, 4.69) is 158 Å². The summed E-state index contributed by atoms with van der Waals surface area (Å²) in [7, 11) is 0. The molecule has 0 atom stereocenters. The van der Waals surface area contributed by atoms with Crippen LogP contribution >= 0.6 is 0 Å². The van der Waals surface area contributed by atoms with Gasteiger partial charge < -0.3 is 4.42 Å². The Labute approximate surface area is 306 Å². The molecule has 0 aliphatic heterocycles. The van der Waals surface area contributed by atoms with Crippen molar-refractivity contribution in [3.05, 3.63) is 188 Å². The van der Waals surface area contributed by atoms with E-state index in [9.17, 15) is 0 Å². The highest BCUT2D eigenvalue weighted by Gasteiger charge is 2.17. The molecule has 0 fully saturated rings. The maximum Gasteiger partial charge on any atom is 0.164 e. The standard InChI is InChI=1S/C49H31N3O/c1-2-11-32(12-3-1)37-15-10-16-40(30-37)48-50-47(35-24-21-34(22-25-35)38-26-23-33-13-4-5-14-36(33)29-38)51-49(52-48)43-19-7-6-17-41(43)39-27-28-46-44(31-39)42-18-8-9-20-45(42)53-46/h1-31H. The smallest absolute Gasteiger partial charge is 0.164 e. The van der Waals surface area contributed by atoms with Crippen LogP contribution in [0.25, 0.3) is 100 Å². The molecule has 0 saturated carbocycles. The lowest BCUT2D eigenvalue weighted by atomic mass is 9.97. The highest BCUT2D eigenvalue weighted by atomic mass is 16.3. The second-order valence-electron chi connectivity index (χ2n) is 13.2. The molecular formula is C49H31N3O. The van der Waals surface area contributed by atoms with E-state index in [4.69, 9.17) is 19.4 Å². The highest BCUT2D eigenvalue weighted by molar-refractivity contribution is 6.06. The molecule has 2 heterocycles. The van der Waals surface area contributed by atoms with Gasteiger partial charge in [0.25, 0.3) is 0 Å². The van der Waals surface area contributed by atoms with Crippen molar-refractivity contribution in [2.45, 2.75) is 0 Å². The molecule has 0 aliphatic rings. The van der Waals surface area contributed by atoms with Gasteiger partial charge in [-0.3, -0.25) is 0 Å². The first-order valence-electron chi connectivity index (χ1n) is 17.8. The first kappa shape index (κ1) is 30.6. The molecule has 0 radical (unpaired) electrons. The molecule has 4 nitrogen and oxygen atoms in total. The van der Waals surface area contributed by atoms with Crippen LogP contribution in [-0.4, -0.2) is 15.0 Å². The van der Waals surface area contributed by atoms with E-state index in [1.807, 2.05) is 30.3 Å². The number of fused-ring (bicyclic) bond motifs is 4. The Balaban J connectivity index is 1.11. The lowest BCUT2D eigenvalue weighted by Crippen LogP contribution is -2.01. The molecule has 0 unspecified atom stereocenters. The zero-order chi connectivity index (χ0) is 35.1. The number of furan rings is 1. The van der Waals surface area contributed by atoms with E-state index >= 15 is 0 Å². The van der Waals surface area contributed by atoms with Crippen LogP contribution in [0.5, 0.6) is 0 Å². The minimum Gasteiger partial charge on any atom is -0.456 e.